The molecule has 7 heteroatoms. The number of hydrogen-bond acceptors (Lipinski definition) is 7. The second-order valence-corrected chi connectivity index (χ2v) is 9.98. The molecule has 2 N–H and O–H groups in total. The Labute approximate surface area is 204 Å². The van der Waals surface area contributed by atoms with Crippen molar-refractivity contribution in [2.45, 2.75) is 70.9 Å². The number of aryl methyl sites for hydroxylation is 1. The van der Waals surface area contributed by atoms with E-state index >= 15 is 0 Å². The molecule has 0 bridgehead atoms. The Kier molecular flexibility index (Phi) is 8.14. The molecule has 2 aromatic rings. The zero-order chi connectivity index (χ0) is 24.1. The fourth-order valence-electron chi connectivity index (χ4n) is 5.49. The summed E-state index contributed by atoms with van der Waals surface area (Å²) in [5, 5.41) is 7.32. The van der Waals surface area contributed by atoms with Crippen LogP contribution in [0.1, 0.15) is 60.9 Å². The Morgan fingerprint density at radius 1 is 1.00 bits per heavy atom. The molecule has 0 spiro atoms. The summed E-state index contributed by atoms with van der Waals surface area (Å²) < 4.78 is 11.1. The van der Waals surface area contributed by atoms with Crippen LogP contribution in [0, 0.1) is 12.8 Å². The summed E-state index contributed by atoms with van der Waals surface area (Å²) >= 11 is 0. The maximum Gasteiger partial charge on any atom is 0.225 e. The molecule has 0 saturated heterocycles. The van der Waals surface area contributed by atoms with Crippen LogP contribution in [-0.2, 0) is 19.4 Å². The van der Waals surface area contributed by atoms with Gasteiger partial charge in [-0.2, -0.15) is 4.98 Å². The zero-order valence-electron chi connectivity index (χ0n) is 21.5. The molecule has 0 unspecified atom stereocenters. The van der Waals surface area contributed by atoms with Gasteiger partial charge in [-0.05, 0) is 76.8 Å². The summed E-state index contributed by atoms with van der Waals surface area (Å²) in [4.78, 5) is 11.9. The number of methoxy groups -OCH3 is 2. The zero-order valence-corrected chi connectivity index (χ0v) is 21.5. The Morgan fingerprint density at radius 2 is 1.76 bits per heavy atom. The van der Waals surface area contributed by atoms with Crippen molar-refractivity contribution in [3.8, 4) is 11.5 Å². The van der Waals surface area contributed by atoms with E-state index in [1.54, 1.807) is 14.2 Å². The number of hydrogen-bond donors (Lipinski definition) is 2. The van der Waals surface area contributed by atoms with Gasteiger partial charge in [0.25, 0.3) is 0 Å². The van der Waals surface area contributed by atoms with Crippen molar-refractivity contribution in [2.75, 3.05) is 45.1 Å². The monoisotopic (exact) mass is 467 g/mol. The average Bonchev–Trinajstić information content (AvgIpc) is 2.85. The molecule has 34 heavy (non-hydrogen) atoms. The molecule has 1 aromatic carbocycles. The molecule has 2 aliphatic rings. The van der Waals surface area contributed by atoms with Crippen molar-refractivity contribution in [1.29, 1.82) is 0 Å². The number of rotatable bonds is 9. The number of fused-ring (bicyclic) bond motifs is 1. The number of ether oxygens (including phenoxy) is 2. The van der Waals surface area contributed by atoms with Gasteiger partial charge in [0, 0.05) is 43.4 Å². The van der Waals surface area contributed by atoms with Gasteiger partial charge < -0.3 is 25.0 Å². The Hall–Kier alpha value is -2.54. The molecular formula is C27H41N5O2. The maximum atomic E-state index is 5.65. The SMILES string of the molecule is COc1ccc(CNC[C@H]2CC[C@@H](Nc3nc4c(c(N(C)C)n3)CCCC4)CC2)c(OC)c1C. The van der Waals surface area contributed by atoms with E-state index in [-0.39, 0.29) is 0 Å². The van der Waals surface area contributed by atoms with Gasteiger partial charge in [-0.25, -0.2) is 4.98 Å². The second-order valence-electron chi connectivity index (χ2n) is 9.98. The summed E-state index contributed by atoms with van der Waals surface area (Å²) in [6, 6.07) is 4.58. The molecule has 4 rings (SSSR count). The first-order chi connectivity index (χ1) is 16.5. The lowest BCUT2D eigenvalue weighted by atomic mass is 9.86. The molecule has 1 aromatic heterocycles. The maximum absolute atomic E-state index is 5.65. The summed E-state index contributed by atoms with van der Waals surface area (Å²) in [5.41, 5.74) is 4.82. The second kappa shape index (κ2) is 11.3. The molecule has 1 fully saturated rings. The van der Waals surface area contributed by atoms with Crippen molar-refractivity contribution >= 4 is 11.8 Å². The summed E-state index contributed by atoms with van der Waals surface area (Å²) in [6.07, 6.45) is 9.41. The number of benzene rings is 1. The molecule has 0 aliphatic heterocycles. The first kappa shape index (κ1) is 24.6. The van der Waals surface area contributed by atoms with Crippen LogP contribution in [0.5, 0.6) is 11.5 Å². The number of aromatic nitrogens is 2. The van der Waals surface area contributed by atoms with Gasteiger partial charge in [0.1, 0.15) is 17.3 Å². The van der Waals surface area contributed by atoms with E-state index in [9.17, 15) is 0 Å². The molecule has 0 radical (unpaired) electrons. The first-order valence-electron chi connectivity index (χ1n) is 12.7. The van der Waals surface area contributed by atoms with Gasteiger partial charge in [-0.15, -0.1) is 0 Å². The molecule has 0 atom stereocenters. The summed E-state index contributed by atoms with van der Waals surface area (Å²) in [7, 11) is 7.60. The highest BCUT2D eigenvalue weighted by Gasteiger charge is 2.24. The van der Waals surface area contributed by atoms with Crippen molar-refractivity contribution in [2.24, 2.45) is 5.92 Å². The van der Waals surface area contributed by atoms with Crippen LogP contribution in [0.25, 0.3) is 0 Å². The predicted octanol–water partition coefficient (Wildman–Crippen LogP) is 4.51. The number of nitrogens with one attached hydrogen (secondary N) is 2. The third kappa shape index (κ3) is 5.57. The molecule has 1 heterocycles. The normalized spacial score (nSPS) is 19.9. The number of anilines is 2. The van der Waals surface area contributed by atoms with Gasteiger partial charge in [0.05, 0.1) is 19.9 Å². The fourth-order valence-corrected chi connectivity index (χ4v) is 5.49. The van der Waals surface area contributed by atoms with E-state index in [1.807, 2.05) is 13.0 Å². The van der Waals surface area contributed by atoms with Crippen molar-refractivity contribution < 1.29 is 9.47 Å². The van der Waals surface area contributed by atoms with Crippen LogP contribution in [0.3, 0.4) is 0 Å². The lowest BCUT2D eigenvalue weighted by Crippen LogP contribution is -2.32. The van der Waals surface area contributed by atoms with Crippen LogP contribution >= 0.6 is 0 Å². The minimum absolute atomic E-state index is 0.456. The lowest BCUT2D eigenvalue weighted by Gasteiger charge is -2.30. The molecule has 7 nitrogen and oxygen atoms in total. The molecule has 1 saturated carbocycles. The quantitative estimate of drug-likeness (QED) is 0.562. The van der Waals surface area contributed by atoms with Crippen LogP contribution in [0.4, 0.5) is 11.8 Å². The van der Waals surface area contributed by atoms with Crippen LogP contribution in [0.15, 0.2) is 12.1 Å². The van der Waals surface area contributed by atoms with Gasteiger partial charge in [0.2, 0.25) is 5.95 Å². The largest absolute Gasteiger partial charge is 0.496 e. The van der Waals surface area contributed by atoms with E-state index < -0.39 is 0 Å². The van der Waals surface area contributed by atoms with Gasteiger partial charge in [-0.1, -0.05) is 6.07 Å². The van der Waals surface area contributed by atoms with Crippen LogP contribution in [-0.4, -0.2) is 50.9 Å². The van der Waals surface area contributed by atoms with Crippen molar-refractivity contribution in [3.05, 3.63) is 34.5 Å². The Morgan fingerprint density at radius 3 is 2.47 bits per heavy atom. The van der Waals surface area contributed by atoms with E-state index in [1.165, 1.54) is 42.5 Å². The molecule has 0 amide bonds. The lowest BCUT2D eigenvalue weighted by molar-refractivity contribution is 0.322. The molecular weight excluding hydrogens is 426 g/mol. The summed E-state index contributed by atoms with van der Waals surface area (Å²) in [5.74, 6) is 4.39. The first-order valence-corrected chi connectivity index (χ1v) is 12.7. The van der Waals surface area contributed by atoms with E-state index in [0.29, 0.717) is 12.0 Å². The molecule has 2 aliphatic carbocycles. The minimum atomic E-state index is 0.456. The topological polar surface area (TPSA) is 71.5 Å². The average molecular weight is 468 g/mol. The molecule has 186 valence electrons. The standard InChI is InChI=1S/C27H41N5O2/c1-18-24(33-4)15-12-20(25(18)34-5)17-28-16-19-10-13-21(14-11-19)29-27-30-23-9-7-6-8-22(23)26(31-27)32(2)3/h12,15,19,21,28H,6-11,13-14,16-17H2,1-5H3,(H,29,30,31)/t19-,21+. The Balaban J connectivity index is 1.28. The van der Waals surface area contributed by atoms with E-state index in [2.05, 4.69) is 35.7 Å². The van der Waals surface area contributed by atoms with Crippen LogP contribution < -0.4 is 25.0 Å². The minimum Gasteiger partial charge on any atom is -0.496 e. The van der Waals surface area contributed by atoms with Gasteiger partial charge in [-0.3, -0.25) is 0 Å². The predicted molar refractivity (Wildman–Crippen MR) is 138 cm³/mol. The van der Waals surface area contributed by atoms with Crippen molar-refractivity contribution in [1.82, 2.24) is 15.3 Å². The highest BCUT2D eigenvalue weighted by Crippen LogP contribution is 2.32. The van der Waals surface area contributed by atoms with Gasteiger partial charge in [0.15, 0.2) is 0 Å². The van der Waals surface area contributed by atoms with Gasteiger partial charge >= 0.3 is 0 Å². The highest BCUT2D eigenvalue weighted by atomic mass is 16.5. The van der Waals surface area contributed by atoms with E-state index in [0.717, 1.165) is 67.6 Å². The third-order valence-electron chi connectivity index (χ3n) is 7.38. The fraction of sp³-hybridized carbons (Fsp3) is 0.630. The highest BCUT2D eigenvalue weighted by molar-refractivity contribution is 5.53. The van der Waals surface area contributed by atoms with Crippen LogP contribution in [0.2, 0.25) is 0 Å². The number of nitrogens with zero attached hydrogens (tertiary/aromatic N) is 3. The van der Waals surface area contributed by atoms with E-state index in [4.69, 9.17) is 19.4 Å². The van der Waals surface area contributed by atoms with Crippen molar-refractivity contribution in [3.63, 3.8) is 0 Å². The smallest absolute Gasteiger partial charge is 0.225 e. The Bertz CT molecular complexity index is 970. The third-order valence-corrected chi connectivity index (χ3v) is 7.38. The summed E-state index contributed by atoms with van der Waals surface area (Å²) in [6.45, 7) is 3.88.